The molecule has 0 amide bonds. The zero-order chi connectivity index (χ0) is 20.4. The maximum atomic E-state index is 12.9. The van der Waals surface area contributed by atoms with E-state index in [2.05, 4.69) is 25.3 Å². The number of sulfonamides is 1. The molecule has 0 bridgehead atoms. The molecule has 0 spiro atoms. The van der Waals surface area contributed by atoms with Gasteiger partial charge in [-0.05, 0) is 26.0 Å². The summed E-state index contributed by atoms with van der Waals surface area (Å²) in [6.07, 6.45) is 0. The van der Waals surface area contributed by atoms with Crippen molar-refractivity contribution in [2.24, 2.45) is 0 Å². The van der Waals surface area contributed by atoms with Crippen molar-refractivity contribution >= 4 is 32.8 Å². The van der Waals surface area contributed by atoms with Crippen molar-refractivity contribution in [2.75, 3.05) is 42.9 Å². The minimum absolute atomic E-state index is 0.165. The highest BCUT2D eigenvalue weighted by Gasteiger charge is 2.29. The van der Waals surface area contributed by atoms with Crippen LogP contribution in [0.4, 0.5) is 11.8 Å². The molecule has 1 aliphatic heterocycles. The van der Waals surface area contributed by atoms with E-state index in [9.17, 15) is 8.42 Å². The van der Waals surface area contributed by atoms with Crippen molar-refractivity contribution in [2.45, 2.75) is 19.6 Å². The summed E-state index contributed by atoms with van der Waals surface area (Å²) in [7, 11) is -3.49. The summed E-state index contributed by atoms with van der Waals surface area (Å²) in [6.45, 7) is 6.60. The lowest BCUT2D eigenvalue weighted by Crippen LogP contribution is -2.49. The second-order valence-electron chi connectivity index (χ2n) is 6.99. The SMILES string of the molecule is CCNc1nc(C)cc(N2CCN(S(=O)(=O)Cc3noc4ccccc34)CC2)n1. The van der Waals surface area contributed by atoms with E-state index in [1.54, 1.807) is 6.07 Å². The van der Waals surface area contributed by atoms with Crippen molar-refractivity contribution < 1.29 is 12.9 Å². The van der Waals surface area contributed by atoms with E-state index in [0.29, 0.717) is 43.4 Å². The Morgan fingerprint density at radius 3 is 2.66 bits per heavy atom. The van der Waals surface area contributed by atoms with Gasteiger partial charge in [-0.15, -0.1) is 0 Å². The number of anilines is 2. The number of aromatic nitrogens is 3. The van der Waals surface area contributed by atoms with Gasteiger partial charge < -0.3 is 14.7 Å². The highest BCUT2D eigenvalue weighted by molar-refractivity contribution is 7.88. The van der Waals surface area contributed by atoms with Gasteiger partial charge >= 0.3 is 0 Å². The van der Waals surface area contributed by atoms with Gasteiger partial charge in [-0.3, -0.25) is 0 Å². The number of nitrogens with zero attached hydrogens (tertiary/aromatic N) is 5. The minimum atomic E-state index is -3.49. The molecule has 3 aromatic rings. The van der Waals surface area contributed by atoms with Crippen molar-refractivity contribution in [1.82, 2.24) is 19.4 Å². The molecule has 29 heavy (non-hydrogen) atoms. The predicted molar refractivity (Wildman–Crippen MR) is 111 cm³/mol. The molecular weight excluding hydrogens is 392 g/mol. The van der Waals surface area contributed by atoms with Crippen molar-refractivity contribution in [3.63, 3.8) is 0 Å². The van der Waals surface area contributed by atoms with Crippen LogP contribution in [-0.4, -0.2) is 60.6 Å². The number of rotatable bonds is 6. The number of hydrogen-bond donors (Lipinski definition) is 1. The summed E-state index contributed by atoms with van der Waals surface area (Å²) in [5.41, 5.74) is 1.92. The molecule has 0 radical (unpaired) electrons. The van der Waals surface area contributed by atoms with Gasteiger partial charge in [-0.1, -0.05) is 17.3 Å². The van der Waals surface area contributed by atoms with E-state index in [0.717, 1.165) is 23.4 Å². The van der Waals surface area contributed by atoms with E-state index in [1.165, 1.54) is 4.31 Å². The summed E-state index contributed by atoms with van der Waals surface area (Å²) in [5.74, 6) is 1.24. The Labute approximate surface area is 169 Å². The fourth-order valence-electron chi connectivity index (χ4n) is 3.45. The molecule has 4 rings (SSSR count). The fourth-order valence-corrected chi connectivity index (χ4v) is 4.91. The first-order valence-corrected chi connectivity index (χ1v) is 11.2. The molecule has 1 aliphatic rings. The molecule has 1 aromatic carbocycles. The number of piperazine rings is 1. The third kappa shape index (κ3) is 4.18. The third-order valence-corrected chi connectivity index (χ3v) is 6.69. The molecule has 0 atom stereocenters. The highest BCUT2D eigenvalue weighted by atomic mass is 32.2. The topological polar surface area (TPSA) is 104 Å². The summed E-state index contributed by atoms with van der Waals surface area (Å²) in [4.78, 5) is 11.0. The van der Waals surface area contributed by atoms with Gasteiger partial charge in [0.05, 0.1) is 0 Å². The molecule has 1 fully saturated rings. The zero-order valence-electron chi connectivity index (χ0n) is 16.5. The average molecular weight is 417 g/mol. The summed E-state index contributed by atoms with van der Waals surface area (Å²) in [6, 6.07) is 9.21. The van der Waals surface area contributed by atoms with E-state index < -0.39 is 10.0 Å². The number of aryl methyl sites for hydroxylation is 1. The Bertz CT molecular complexity index is 1110. The quantitative estimate of drug-likeness (QED) is 0.651. The molecule has 10 heteroatoms. The van der Waals surface area contributed by atoms with Gasteiger partial charge in [0, 0.05) is 49.9 Å². The van der Waals surface area contributed by atoms with Crippen LogP contribution in [0, 0.1) is 6.92 Å². The van der Waals surface area contributed by atoms with Gasteiger partial charge in [-0.25, -0.2) is 13.4 Å². The van der Waals surface area contributed by atoms with Gasteiger partial charge in [0.25, 0.3) is 0 Å². The van der Waals surface area contributed by atoms with Crippen LogP contribution in [0.5, 0.6) is 0 Å². The lowest BCUT2D eigenvalue weighted by molar-refractivity contribution is 0.381. The number of para-hydroxylation sites is 1. The molecule has 2 aromatic heterocycles. The zero-order valence-corrected chi connectivity index (χ0v) is 17.3. The summed E-state index contributed by atoms with van der Waals surface area (Å²) < 4.78 is 32.6. The third-order valence-electron chi connectivity index (χ3n) is 4.90. The van der Waals surface area contributed by atoms with Crippen LogP contribution in [0.1, 0.15) is 18.3 Å². The van der Waals surface area contributed by atoms with Gasteiger partial charge in [0.15, 0.2) is 5.58 Å². The van der Waals surface area contributed by atoms with Crippen LogP contribution >= 0.6 is 0 Å². The molecule has 0 aliphatic carbocycles. The normalized spacial score (nSPS) is 15.7. The second kappa shape index (κ2) is 7.96. The monoisotopic (exact) mass is 416 g/mol. The molecule has 1 N–H and O–H groups in total. The Morgan fingerprint density at radius 2 is 1.90 bits per heavy atom. The van der Waals surface area contributed by atoms with E-state index >= 15 is 0 Å². The van der Waals surface area contributed by atoms with Gasteiger partial charge in [0.1, 0.15) is 17.3 Å². The molecule has 9 nitrogen and oxygen atoms in total. The van der Waals surface area contributed by atoms with Crippen LogP contribution in [0.2, 0.25) is 0 Å². The van der Waals surface area contributed by atoms with Gasteiger partial charge in [-0.2, -0.15) is 9.29 Å². The number of fused-ring (bicyclic) bond motifs is 1. The average Bonchev–Trinajstić information content (AvgIpc) is 3.10. The van der Waals surface area contributed by atoms with Crippen molar-refractivity contribution in [3.05, 3.63) is 41.7 Å². The van der Waals surface area contributed by atoms with Gasteiger partial charge in [0.2, 0.25) is 16.0 Å². The van der Waals surface area contributed by atoms with Crippen molar-refractivity contribution in [3.8, 4) is 0 Å². The lowest BCUT2D eigenvalue weighted by Gasteiger charge is -2.34. The molecule has 0 saturated carbocycles. The Morgan fingerprint density at radius 1 is 1.14 bits per heavy atom. The number of benzene rings is 1. The Balaban J connectivity index is 1.45. The van der Waals surface area contributed by atoms with Crippen LogP contribution in [0.25, 0.3) is 11.0 Å². The maximum absolute atomic E-state index is 12.9. The van der Waals surface area contributed by atoms with Crippen molar-refractivity contribution in [1.29, 1.82) is 0 Å². The summed E-state index contributed by atoms with van der Waals surface area (Å²) >= 11 is 0. The molecule has 0 unspecified atom stereocenters. The highest BCUT2D eigenvalue weighted by Crippen LogP contribution is 2.23. The first kappa shape index (κ1) is 19.6. The first-order chi connectivity index (χ1) is 14.0. The smallest absolute Gasteiger partial charge is 0.224 e. The number of nitrogens with one attached hydrogen (secondary N) is 1. The standard InChI is InChI=1S/C19H24N6O3S/c1-3-20-19-21-14(2)12-18(22-19)24-8-10-25(11-9-24)29(26,27)13-16-15-6-4-5-7-17(15)28-23-16/h4-7,12H,3,8-11,13H2,1-2H3,(H,20,21,22). The molecule has 3 heterocycles. The van der Waals surface area contributed by atoms with E-state index in [-0.39, 0.29) is 5.75 Å². The molecule has 154 valence electrons. The molecular formula is C19H24N6O3S. The Kier molecular flexibility index (Phi) is 5.37. The van der Waals surface area contributed by atoms with E-state index in [4.69, 9.17) is 4.52 Å². The van der Waals surface area contributed by atoms with Crippen LogP contribution < -0.4 is 10.2 Å². The largest absolute Gasteiger partial charge is 0.356 e. The summed E-state index contributed by atoms with van der Waals surface area (Å²) in [5, 5.41) is 7.83. The minimum Gasteiger partial charge on any atom is -0.356 e. The lowest BCUT2D eigenvalue weighted by atomic mass is 10.2. The van der Waals surface area contributed by atoms with E-state index in [1.807, 2.05) is 38.1 Å². The number of hydrogen-bond acceptors (Lipinski definition) is 8. The van der Waals surface area contributed by atoms with Crippen LogP contribution in [0.3, 0.4) is 0 Å². The molecule has 1 saturated heterocycles. The second-order valence-corrected chi connectivity index (χ2v) is 8.96. The maximum Gasteiger partial charge on any atom is 0.224 e. The predicted octanol–water partition coefficient (Wildman–Crippen LogP) is 2.01. The first-order valence-electron chi connectivity index (χ1n) is 9.62. The fraction of sp³-hybridized carbons (Fsp3) is 0.421. The van der Waals surface area contributed by atoms with Crippen LogP contribution in [-0.2, 0) is 15.8 Å². The Hall–Kier alpha value is -2.72. The van der Waals surface area contributed by atoms with Crippen LogP contribution in [0.15, 0.2) is 34.9 Å².